The molecular weight excluding hydrogens is 404 g/mol. The molecule has 1 amide bonds. The van der Waals surface area contributed by atoms with Crippen molar-refractivity contribution in [2.45, 2.75) is 37.8 Å². The first-order valence-electron chi connectivity index (χ1n) is 11.6. The highest BCUT2D eigenvalue weighted by molar-refractivity contribution is 5.93. The lowest BCUT2D eigenvalue weighted by atomic mass is 9.81. The van der Waals surface area contributed by atoms with Crippen molar-refractivity contribution in [1.82, 2.24) is 19.6 Å². The third-order valence-electron chi connectivity index (χ3n) is 7.23. The van der Waals surface area contributed by atoms with Crippen LogP contribution in [0.1, 0.15) is 41.6 Å². The number of hydrogen-bond acceptors (Lipinski definition) is 5. The van der Waals surface area contributed by atoms with E-state index in [0.29, 0.717) is 18.7 Å². The first-order valence-corrected chi connectivity index (χ1v) is 11.6. The Balaban J connectivity index is 1.29. The van der Waals surface area contributed by atoms with Gasteiger partial charge in [-0.3, -0.25) is 9.48 Å². The maximum Gasteiger partial charge on any atom is 0.257 e. The Labute approximate surface area is 187 Å². The van der Waals surface area contributed by atoms with Gasteiger partial charge in [-0.2, -0.15) is 5.10 Å². The van der Waals surface area contributed by atoms with Crippen molar-refractivity contribution in [3.8, 4) is 17.0 Å². The van der Waals surface area contributed by atoms with Crippen LogP contribution < -0.4 is 4.74 Å². The summed E-state index contributed by atoms with van der Waals surface area (Å²) in [6, 6.07) is 10.0. The summed E-state index contributed by atoms with van der Waals surface area (Å²) in [5, 5.41) is 4.82. The zero-order valence-electron chi connectivity index (χ0n) is 18.2. The van der Waals surface area contributed by atoms with Gasteiger partial charge in [0, 0.05) is 43.6 Å². The Hall–Kier alpha value is -3.06. The van der Waals surface area contributed by atoms with E-state index < -0.39 is 5.60 Å². The number of carbonyl (C=O) groups is 1. The fraction of sp³-hybridized carbons (Fsp3) is 0.440. The van der Waals surface area contributed by atoms with E-state index in [1.54, 1.807) is 12.3 Å². The molecule has 166 valence electrons. The van der Waals surface area contributed by atoms with E-state index in [0.717, 1.165) is 42.8 Å². The van der Waals surface area contributed by atoms with Crippen molar-refractivity contribution < 1.29 is 13.9 Å². The van der Waals surface area contributed by atoms with Gasteiger partial charge in [0.1, 0.15) is 17.6 Å². The summed E-state index contributed by atoms with van der Waals surface area (Å²) in [5.74, 6) is 0.934. The lowest BCUT2D eigenvalue weighted by molar-refractivity contribution is -0.00177. The normalized spacial score (nSPS) is 19.6. The highest BCUT2D eigenvalue weighted by Crippen LogP contribution is 2.49. The van der Waals surface area contributed by atoms with Gasteiger partial charge in [0.25, 0.3) is 5.91 Å². The van der Waals surface area contributed by atoms with Crippen molar-refractivity contribution in [2.24, 2.45) is 0 Å². The molecule has 3 aromatic rings. The number of nitrogens with zero attached hydrogens (tertiary/aromatic N) is 4. The van der Waals surface area contributed by atoms with E-state index in [2.05, 4.69) is 27.8 Å². The average molecular weight is 433 g/mol. The summed E-state index contributed by atoms with van der Waals surface area (Å²) in [6.07, 6.45) is 9.15. The van der Waals surface area contributed by atoms with Gasteiger partial charge < -0.3 is 19.0 Å². The van der Waals surface area contributed by atoms with Crippen LogP contribution in [0.4, 0.5) is 0 Å². The third-order valence-corrected chi connectivity index (χ3v) is 7.23. The third kappa shape index (κ3) is 3.23. The largest absolute Gasteiger partial charge is 0.482 e. The summed E-state index contributed by atoms with van der Waals surface area (Å²) < 4.78 is 13.9. The number of piperidine rings is 1. The Morgan fingerprint density at radius 2 is 1.84 bits per heavy atom. The van der Waals surface area contributed by atoms with Crippen molar-refractivity contribution in [3.05, 3.63) is 60.2 Å². The molecular formula is C25H28N4O3. The molecule has 0 bridgehead atoms. The number of amides is 1. The molecule has 2 fully saturated rings. The number of aromatic nitrogens is 2. The minimum atomic E-state index is -0.442. The number of likely N-dealkylation sites (tertiary alicyclic amines) is 2. The number of para-hydroxylation sites is 1. The number of ether oxygens (including phenoxy) is 1. The molecule has 3 aliphatic heterocycles. The van der Waals surface area contributed by atoms with Crippen LogP contribution >= 0.6 is 0 Å². The minimum Gasteiger partial charge on any atom is -0.482 e. The highest BCUT2D eigenvalue weighted by Gasteiger charge is 2.46. The molecule has 1 spiro atoms. The monoisotopic (exact) mass is 432 g/mol. The lowest BCUT2D eigenvalue weighted by Crippen LogP contribution is -2.49. The van der Waals surface area contributed by atoms with Gasteiger partial charge in [0.2, 0.25) is 0 Å². The molecule has 2 saturated heterocycles. The molecule has 5 heterocycles. The summed E-state index contributed by atoms with van der Waals surface area (Å²) in [5.41, 5.74) is 3.62. The van der Waals surface area contributed by atoms with Gasteiger partial charge in [-0.15, -0.1) is 0 Å². The second-order valence-electron chi connectivity index (χ2n) is 9.08. The molecule has 7 heteroatoms. The fourth-order valence-electron chi connectivity index (χ4n) is 5.44. The molecule has 32 heavy (non-hydrogen) atoms. The molecule has 0 unspecified atom stereocenters. The number of rotatable bonds is 4. The summed E-state index contributed by atoms with van der Waals surface area (Å²) >= 11 is 0. The van der Waals surface area contributed by atoms with Crippen LogP contribution in [0.15, 0.2) is 53.5 Å². The second kappa shape index (κ2) is 7.81. The van der Waals surface area contributed by atoms with Gasteiger partial charge in [0.05, 0.1) is 30.3 Å². The number of carbonyl (C=O) groups excluding carboxylic acids is 1. The topological polar surface area (TPSA) is 63.7 Å². The zero-order valence-corrected chi connectivity index (χ0v) is 18.2. The molecule has 0 N–H and O–H groups in total. The Kier molecular flexibility index (Phi) is 4.79. The highest BCUT2D eigenvalue weighted by atomic mass is 16.5. The predicted octanol–water partition coefficient (Wildman–Crippen LogP) is 3.76. The molecule has 3 aliphatic rings. The summed E-state index contributed by atoms with van der Waals surface area (Å²) in [4.78, 5) is 17.2. The van der Waals surface area contributed by atoms with Gasteiger partial charge in [-0.25, -0.2) is 0 Å². The predicted molar refractivity (Wildman–Crippen MR) is 119 cm³/mol. The molecule has 0 saturated carbocycles. The van der Waals surface area contributed by atoms with Crippen molar-refractivity contribution >= 4 is 5.91 Å². The standard InChI is InChI=1S/C25H28N4O3/c30-24(19-7-16-31-18-19)28-12-8-25(9-13-28)21-17-26-29(15-14-27-10-3-4-11-27)23(21)20-5-1-2-6-22(20)32-25/h1-2,5-7,16-18H,3-4,8-15H2. The number of hydrogen-bond donors (Lipinski definition) is 0. The smallest absolute Gasteiger partial charge is 0.257 e. The number of benzene rings is 1. The molecule has 1 aromatic carbocycles. The van der Waals surface area contributed by atoms with E-state index in [-0.39, 0.29) is 5.91 Å². The molecule has 2 aromatic heterocycles. The minimum absolute atomic E-state index is 0.0198. The summed E-state index contributed by atoms with van der Waals surface area (Å²) in [7, 11) is 0. The van der Waals surface area contributed by atoms with Gasteiger partial charge in [0.15, 0.2) is 0 Å². The average Bonchev–Trinajstić information content (AvgIpc) is 3.60. The van der Waals surface area contributed by atoms with Crippen molar-refractivity contribution in [1.29, 1.82) is 0 Å². The Morgan fingerprint density at radius 3 is 2.62 bits per heavy atom. The van der Waals surface area contributed by atoms with Crippen molar-refractivity contribution in [2.75, 3.05) is 32.7 Å². The van der Waals surface area contributed by atoms with Crippen LogP contribution in [-0.2, 0) is 12.1 Å². The quantitative estimate of drug-likeness (QED) is 0.628. The fourth-order valence-corrected chi connectivity index (χ4v) is 5.44. The van der Waals surface area contributed by atoms with E-state index in [4.69, 9.17) is 14.3 Å². The van der Waals surface area contributed by atoms with Gasteiger partial charge in [-0.05, 0) is 44.1 Å². The van der Waals surface area contributed by atoms with Crippen molar-refractivity contribution in [3.63, 3.8) is 0 Å². The second-order valence-corrected chi connectivity index (χ2v) is 9.08. The van der Waals surface area contributed by atoms with E-state index >= 15 is 0 Å². The molecule has 7 nitrogen and oxygen atoms in total. The lowest BCUT2D eigenvalue weighted by Gasteiger charge is -2.44. The molecule has 0 radical (unpaired) electrons. The van der Waals surface area contributed by atoms with Crippen LogP contribution in [-0.4, -0.2) is 58.2 Å². The Bertz CT molecular complexity index is 1110. The SMILES string of the molecule is O=C(c1ccoc1)N1CCC2(CC1)Oc1ccccc1-c1c2cnn1CCN1CCCC1. The van der Waals surface area contributed by atoms with Gasteiger partial charge >= 0.3 is 0 Å². The maximum atomic E-state index is 12.8. The number of fused-ring (bicyclic) bond motifs is 4. The summed E-state index contributed by atoms with van der Waals surface area (Å²) in [6.45, 7) is 5.57. The van der Waals surface area contributed by atoms with E-state index in [1.807, 2.05) is 17.2 Å². The maximum absolute atomic E-state index is 12.8. The molecule has 0 aliphatic carbocycles. The van der Waals surface area contributed by atoms with E-state index in [9.17, 15) is 4.79 Å². The van der Waals surface area contributed by atoms with Crippen LogP contribution in [0.2, 0.25) is 0 Å². The number of furan rings is 1. The molecule has 0 atom stereocenters. The van der Waals surface area contributed by atoms with Crippen LogP contribution in [0.3, 0.4) is 0 Å². The van der Waals surface area contributed by atoms with Crippen LogP contribution in [0, 0.1) is 0 Å². The first kappa shape index (κ1) is 19.6. The van der Waals surface area contributed by atoms with Crippen LogP contribution in [0.25, 0.3) is 11.3 Å². The zero-order chi connectivity index (χ0) is 21.5. The molecule has 6 rings (SSSR count). The van der Waals surface area contributed by atoms with Gasteiger partial charge in [-0.1, -0.05) is 12.1 Å². The first-order chi connectivity index (χ1) is 15.7. The van der Waals surface area contributed by atoms with E-state index in [1.165, 1.54) is 37.9 Å². The Morgan fingerprint density at radius 1 is 1.03 bits per heavy atom. The van der Waals surface area contributed by atoms with Crippen LogP contribution in [0.5, 0.6) is 5.75 Å².